The van der Waals surface area contributed by atoms with E-state index < -0.39 is 10.1 Å². The molecule has 1 N–H and O–H groups in total. The first kappa shape index (κ1) is 20.1. The monoisotopic (exact) mass is 414 g/mol. The zero-order valence-corrected chi connectivity index (χ0v) is 18.0. The minimum absolute atomic E-state index is 0.00519. The average molecular weight is 415 g/mol. The number of para-hydroxylation sites is 1. The van der Waals surface area contributed by atoms with Crippen LogP contribution in [0.25, 0.3) is 11.1 Å². The van der Waals surface area contributed by atoms with Crippen LogP contribution in [0, 0.1) is 0 Å². The third-order valence-electron chi connectivity index (χ3n) is 5.72. The van der Waals surface area contributed by atoms with Crippen molar-refractivity contribution in [2.75, 3.05) is 25.7 Å². The molecule has 2 aliphatic rings. The Morgan fingerprint density at radius 1 is 1.14 bits per heavy atom. The lowest BCUT2D eigenvalue weighted by Gasteiger charge is -2.43. The van der Waals surface area contributed by atoms with Gasteiger partial charge in [0.25, 0.3) is 0 Å². The summed E-state index contributed by atoms with van der Waals surface area (Å²) in [5.74, 6) is 0.920. The quantitative estimate of drug-likeness (QED) is 0.743. The minimum atomic E-state index is -2.41. The zero-order chi connectivity index (χ0) is 20.4. The maximum Gasteiger partial charge on any atom is 0.226 e. The Morgan fingerprint density at radius 2 is 1.97 bits per heavy atom. The predicted octanol–water partition coefficient (Wildman–Crippen LogP) is 2.82. The zero-order valence-electron chi connectivity index (χ0n) is 17.1. The van der Waals surface area contributed by atoms with E-state index in [2.05, 4.69) is 35.1 Å². The van der Waals surface area contributed by atoms with Crippen molar-refractivity contribution in [2.45, 2.75) is 37.8 Å². The molecule has 2 bridgehead atoms. The number of rotatable bonds is 2. The van der Waals surface area contributed by atoms with Gasteiger partial charge in [-0.05, 0) is 36.5 Å². The number of piperidine rings is 1. The first-order valence-corrected chi connectivity index (χ1v) is 12.9. The number of ether oxygens (including phenoxy) is 1. The Kier molecular flexibility index (Phi) is 5.74. The van der Waals surface area contributed by atoms with Crippen molar-refractivity contribution in [1.29, 1.82) is 0 Å². The van der Waals surface area contributed by atoms with Crippen LogP contribution in [0.2, 0.25) is 0 Å². The van der Waals surface area contributed by atoms with E-state index in [9.17, 15) is 9.00 Å². The van der Waals surface area contributed by atoms with Gasteiger partial charge in [0.1, 0.15) is 5.75 Å². The van der Waals surface area contributed by atoms with Crippen LogP contribution < -0.4 is 9.46 Å². The van der Waals surface area contributed by atoms with E-state index in [0.717, 1.165) is 42.7 Å². The van der Waals surface area contributed by atoms with Crippen LogP contribution in [0.15, 0.2) is 48.5 Å². The highest BCUT2D eigenvalue weighted by Crippen LogP contribution is 2.32. The van der Waals surface area contributed by atoms with Gasteiger partial charge < -0.3 is 9.64 Å². The van der Waals surface area contributed by atoms with Crippen molar-refractivity contribution in [1.82, 2.24) is 9.62 Å². The van der Waals surface area contributed by atoms with Crippen molar-refractivity contribution < 1.29 is 13.7 Å². The molecule has 0 unspecified atom stereocenters. The summed E-state index contributed by atoms with van der Waals surface area (Å²) in [4.78, 5) is 15.0. The number of carbonyl (C=O) groups excluding carboxylic acids is 1. The average Bonchev–Trinajstić information content (AvgIpc) is 2.68. The van der Waals surface area contributed by atoms with Crippen molar-refractivity contribution in [3.8, 4) is 16.9 Å². The van der Waals surface area contributed by atoms with Gasteiger partial charge in [-0.3, -0.25) is 13.7 Å². The van der Waals surface area contributed by atoms with E-state index >= 15 is 0 Å². The number of benzene rings is 2. The summed E-state index contributed by atoms with van der Waals surface area (Å²) in [6.07, 6.45) is 6.47. The predicted molar refractivity (Wildman–Crippen MR) is 119 cm³/mol. The summed E-state index contributed by atoms with van der Waals surface area (Å²) >= 11 is 0. The molecule has 1 saturated heterocycles. The second-order valence-corrected chi connectivity index (χ2v) is 11.3. The summed E-state index contributed by atoms with van der Waals surface area (Å²) in [6.45, 7) is 1.10. The summed E-state index contributed by atoms with van der Waals surface area (Å²) in [5, 5.41) is 0. The maximum absolute atomic E-state index is 13.1. The van der Waals surface area contributed by atoms with Crippen LogP contribution >= 0.6 is 0 Å². The summed E-state index contributed by atoms with van der Waals surface area (Å²) in [7, 11) is -2.41. The molecule has 156 valence electrons. The van der Waals surface area contributed by atoms with Crippen LogP contribution in [0.5, 0.6) is 5.75 Å². The molecule has 2 heterocycles. The first-order chi connectivity index (χ1) is 13.9. The van der Waals surface area contributed by atoms with Crippen LogP contribution in [0.4, 0.5) is 0 Å². The van der Waals surface area contributed by atoms with Crippen LogP contribution in [0.1, 0.15) is 24.8 Å². The molecule has 4 rings (SSSR count). The third kappa shape index (κ3) is 4.70. The van der Waals surface area contributed by atoms with Gasteiger partial charge in [0.15, 0.2) is 0 Å². The lowest BCUT2D eigenvalue weighted by molar-refractivity contribution is -0.136. The lowest BCUT2D eigenvalue weighted by Crippen LogP contribution is -2.58. The molecule has 2 aromatic carbocycles. The molecule has 0 aliphatic carbocycles. The summed E-state index contributed by atoms with van der Waals surface area (Å²) < 4.78 is 21.8. The number of hydrogen-bond acceptors (Lipinski definition) is 3. The SMILES string of the molecule is C[SH](C)(=O)N[C@H]1CCCN2C(=O)CCOc3ccccc3-c3cccc(c3)C[C@@H]12. The molecule has 0 radical (unpaired) electrons. The van der Waals surface area contributed by atoms with Crippen molar-refractivity contribution in [3.63, 3.8) is 0 Å². The molecule has 0 aromatic heterocycles. The molecule has 0 spiro atoms. The highest BCUT2D eigenvalue weighted by molar-refractivity contribution is 7.99. The standard InChI is InChI=1S/C23H30N2O3S/c1-29(2,27)24-20-10-6-13-25-21(20)16-17-7-5-8-18(15-17)19-9-3-4-11-22(19)28-14-12-23(25)26/h3-5,7-9,11,15,20-21,29H,6,10,12-14,16H2,1-2H3,(H,24,27)/t20-,21-/m0/s1. The molecule has 29 heavy (non-hydrogen) atoms. The molecule has 2 aromatic rings. The fraction of sp³-hybridized carbons (Fsp3) is 0.435. The van der Waals surface area contributed by atoms with Gasteiger partial charge in [-0.15, -0.1) is 0 Å². The molecule has 0 saturated carbocycles. The maximum atomic E-state index is 13.1. The van der Waals surface area contributed by atoms with E-state index in [0.29, 0.717) is 13.0 Å². The van der Waals surface area contributed by atoms with E-state index in [-0.39, 0.29) is 18.0 Å². The normalized spacial score (nSPS) is 23.1. The van der Waals surface area contributed by atoms with Crippen molar-refractivity contribution in [3.05, 3.63) is 54.1 Å². The number of thiol groups is 1. The Balaban J connectivity index is 1.74. The van der Waals surface area contributed by atoms with Gasteiger partial charge in [-0.2, -0.15) is 0 Å². The largest absolute Gasteiger partial charge is 0.492 e. The Labute approximate surface area is 174 Å². The molecule has 6 heteroatoms. The number of nitrogens with zero attached hydrogens (tertiary/aromatic N) is 1. The third-order valence-corrected chi connectivity index (χ3v) is 6.67. The number of fused-ring (bicyclic) bond motifs is 5. The minimum Gasteiger partial charge on any atom is -0.492 e. The summed E-state index contributed by atoms with van der Waals surface area (Å²) in [6, 6.07) is 16.5. The van der Waals surface area contributed by atoms with Gasteiger partial charge >= 0.3 is 0 Å². The van der Waals surface area contributed by atoms with Gasteiger partial charge in [0, 0.05) is 30.7 Å². The van der Waals surface area contributed by atoms with Gasteiger partial charge in [-0.25, -0.2) is 0 Å². The fourth-order valence-corrected chi connectivity index (χ4v) is 5.60. The molecule has 2 aliphatic heterocycles. The molecular formula is C23H30N2O3S. The van der Waals surface area contributed by atoms with E-state index in [1.807, 2.05) is 23.1 Å². The Morgan fingerprint density at radius 3 is 2.79 bits per heavy atom. The van der Waals surface area contributed by atoms with Crippen LogP contribution in [-0.4, -0.2) is 52.8 Å². The van der Waals surface area contributed by atoms with Crippen molar-refractivity contribution in [2.24, 2.45) is 0 Å². The second-order valence-electron chi connectivity index (χ2n) is 8.38. The fourth-order valence-electron chi connectivity index (χ4n) is 4.50. The molecule has 1 amide bonds. The van der Waals surface area contributed by atoms with Crippen LogP contribution in [-0.2, 0) is 21.3 Å². The van der Waals surface area contributed by atoms with Crippen LogP contribution in [0.3, 0.4) is 0 Å². The summed E-state index contributed by atoms with van der Waals surface area (Å²) in [5.41, 5.74) is 3.34. The highest BCUT2D eigenvalue weighted by Gasteiger charge is 2.35. The topological polar surface area (TPSA) is 58.6 Å². The van der Waals surface area contributed by atoms with Gasteiger partial charge in [0.2, 0.25) is 5.91 Å². The molecule has 5 nitrogen and oxygen atoms in total. The number of carbonyl (C=O) groups is 1. The second kappa shape index (κ2) is 8.28. The highest BCUT2D eigenvalue weighted by atomic mass is 32.3. The molecule has 1 fully saturated rings. The number of amides is 1. The number of nitrogens with one attached hydrogen (secondary N) is 1. The van der Waals surface area contributed by atoms with E-state index in [1.165, 1.54) is 5.56 Å². The van der Waals surface area contributed by atoms with Gasteiger partial charge in [-0.1, -0.05) is 52.6 Å². The number of hydrogen-bond donors (Lipinski definition) is 2. The Bertz CT molecular complexity index is 939. The van der Waals surface area contributed by atoms with Gasteiger partial charge in [0.05, 0.1) is 19.1 Å². The smallest absolute Gasteiger partial charge is 0.226 e. The first-order valence-electron chi connectivity index (χ1n) is 10.3. The lowest BCUT2D eigenvalue weighted by atomic mass is 9.90. The Hall–Kier alpha value is -2.18. The van der Waals surface area contributed by atoms with E-state index in [4.69, 9.17) is 4.74 Å². The van der Waals surface area contributed by atoms with Crippen molar-refractivity contribution >= 4 is 16.0 Å². The van der Waals surface area contributed by atoms with E-state index in [1.54, 1.807) is 12.5 Å². The molecule has 2 atom stereocenters. The molecular weight excluding hydrogens is 384 g/mol.